The lowest BCUT2D eigenvalue weighted by Crippen LogP contribution is -2.04. The Morgan fingerprint density at radius 3 is 2.94 bits per heavy atom. The van der Waals surface area contributed by atoms with E-state index in [-0.39, 0.29) is 5.28 Å². The van der Waals surface area contributed by atoms with Gasteiger partial charge in [-0.15, -0.1) is 0 Å². The molecule has 6 heteroatoms. The average molecular weight is 239 g/mol. The van der Waals surface area contributed by atoms with Crippen molar-refractivity contribution >= 4 is 17.4 Å². The third-order valence-corrected chi connectivity index (χ3v) is 2.24. The molecule has 1 N–H and O–H groups in total. The van der Waals surface area contributed by atoms with E-state index in [1.165, 1.54) is 0 Å². The maximum Gasteiger partial charge on any atom is 0.224 e. The van der Waals surface area contributed by atoms with Crippen LogP contribution in [-0.4, -0.2) is 15.1 Å². The molecule has 0 radical (unpaired) electrons. The first-order valence-corrected chi connectivity index (χ1v) is 5.18. The molecule has 2 heterocycles. The van der Waals surface area contributed by atoms with E-state index in [9.17, 15) is 0 Å². The number of hydrogen-bond acceptors (Lipinski definition) is 5. The SMILES string of the molecule is Cc1cc(CNc2nc(Cl)ncc2C)no1. The van der Waals surface area contributed by atoms with E-state index in [0.717, 1.165) is 17.0 Å². The van der Waals surface area contributed by atoms with Crippen molar-refractivity contribution in [3.05, 3.63) is 34.6 Å². The van der Waals surface area contributed by atoms with Crippen molar-refractivity contribution in [3.8, 4) is 0 Å². The highest BCUT2D eigenvalue weighted by atomic mass is 35.5. The predicted molar refractivity (Wildman–Crippen MR) is 60.3 cm³/mol. The molecule has 0 amide bonds. The summed E-state index contributed by atoms with van der Waals surface area (Å²) in [6.07, 6.45) is 1.67. The molecule has 0 fully saturated rings. The highest BCUT2D eigenvalue weighted by Gasteiger charge is 2.04. The molecule has 2 aromatic heterocycles. The van der Waals surface area contributed by atoms with Crippen LogP contribution in [0.3, 0.4) is 0 Å². The summed E-state index contributed by atoms with van der Waals surface area (Å²) >= 11 is 5.71. The van der Waals surface area contributed by atoms with Crippen LogP contribution < -0.4 is 5.32 Å². The third kappa shape index (κ3) is 2.49. The van der Waals surface area contributed by atoms with Gasteiger partial charge < -0.3 is 9.84 Å². The van der Waals surface area contributed by atoms with Gasteiger partial charge in [0, 0.05) is 17.8 Å². The number of nitrogens with zero attached hydrogens (tertiary/aromatic N) is 3. The Morgan fingerprint density at radius 2 is 2.25 bits per heavy atom. The summed E-state index contributed by atoms with van der Waals surface area (Å²) in [5.74, 6) is 1.50. The molecule has 0 aromatic carbocycles. The van der Waals surface area contributed by atoms with Crippen molar-refractivity contribution in [2.45, 2.75) is 20.4 Å². The lowest BCUT2D eigenvalue weighted by Gasteiger charge is -2.05. The maximum atomic E-state index is 5.71. The molecule has 2 rings (SSSR count). The van der Waals surface area contributed by atoms with E-state index in [1.54, 1.807) is 6.20 Å². The molecule has 0 aliphatic heterocycles. The van der Waals surface area contributed by atoms with E-state index in [2.05, 4.69) is 20.4 Å². The van der Waals surface area contributed by atoms with Crippen LogP contribution in [0.15, 0.2) is 16.8 Å². The summed E-state index contributed by atoms with van der Waals surface area (Å²) < 4.78 is 4.96. The molecule has 0 aliphatic rings. The lowest BCUT2D eigenvalue weighted by molar-refractivity contribution is 0.391. The second kappa shape index (κ2) is 4.49. The maximum absolute atomic E-state index is 5.71. The average Bonchev–Trinajstić information content (AvgIpc) is 2.66. The molecule has 0 bridgehead atoms. The Kier molecular flexibility index (Phi) is 3.05. The zero-order valence-corrected chi connectivity index (χ0v) is 9.75. The summed E-state index contributed by atoms with van der Waals surface area (Å²) in [5.41, 5.74) is 1.76. The Labute approximate surface area is 97.8 Å². The van der Waals surface area contributed by atoms with Crippen molar-refractivity contribution < 1.29 is 4.52 Å². The van der Waals surface area contributed by atoms with Crippen LogP contribution in [0.25, 0.3) is 0 Å². The van der Waals surface area contributed by atoms with Gasteiger partial charge in [-0.25, -0.2) is 9.97 Å². The monoisotopic (exact) mass is 238 g/mol. The number of halogens is 1. The molecule has 2 aromatic rings. The van der Waals surface area contributed by atoms with Crippen LogP contribution in [-0.2, 0) is 6.54 Å². The van der Waals surface area contributed by atoms with Crippen LogP contribution in [0.2, 0.25) is 5.28 Å². The van der Waals surface area contributed by atoms with Gasteiger partial charge in [-0.1, -0.05) is 5.16 Å². The standard InChI is InChI=1S/C10H11ClN4O/c1-6-4-13-10(11)14-9(6)12-5-8-3-7(2)16-15-8/h3-4H,5H2,1-2H3,(H,12,13,14). The molecule has 16 heavy (non-hydrogen) atoms. The predicted octanol–water partition coefficient (Wildman–Crippen LogP) is 2.35. The molecule has 84 valence electrons. The van der Waals surface area contributed by atoms with Crippen molar-refractivity contribution in [2.24, 2.45) is 0 Å². The smallest absolute Gasteiger partial charge is 0.224 e. The Hall–Kier alpha value is -1.62. The zero-order chi connectivity index (χ0) is 11.5. The van der Waals surface area contributed by atoms with Gasteiger partial charge in [-0.2, -0.15) is 0 Å². The van der Waals surface area contributed by atoms with Crippen molar-refractivity contribution in [1.29, 1.82) is 0 Å². The zero-order valence-electron chi connectivity index (χ0n) is 8.99. The van der Waals surface area contributed by atoms with Crippen molar-refractivity contribution in [2.75, 3.05) is 5.32 Å². The fraction of sp³-hybridized carbons (Fsp3) is 0.300. The Balaban J connectivity index is 2.07. The first-order chi connectivity index (χ1) is 7.65. The summed E-state index contributed by atoms with van der Waals surface area (Å²) in [5, 5.41) is 7.22. The molecule has 0 spiro atoms. The Bertz CT molecular complexity index is 497. The molecular formula is C10H11ClN4O. The number of anilines is 1. The molecule has 0 aliphatic carbocycles. The molecule has 0 atom stereocenters. The van der Waals surface area contributed by atoms with Gasteiger partial charge in [-0.3, -0.25) is 0 Å². The first-order valence-electron chi connectivity index (χ1n) is 4.80. The van der Waals surface area contributed by atoms with Gasteiger partial charge >= 0.3 is 0 Å². The normalized spacial score (nSPS) is 10.4. The number of rotatable bonds is 3. The highest BCUT2D eigenvalue weighted by molar-refractivity contribution is 6.28. The second-order valence-corrected chi connectivity index (χ2v) is 3.79. The molecule has 5 nitrogen and oxygen atoms in total. The minimum Gasteiger partial charge on any atom is -0.364 e. The lowest BCUT2D eigenvalue weighted by atomic mass is 10.3. The van der Waals surface area contributed by atoms with Gasteiger partial charge in [0.1, 0.15) is 17.3 Å². The number of hydrogen-bond donors (Lipinski definition) is 1. The summed E-state index contributed by atoms with van der Waals surface area (Å²) in [4.78, 5) is 7.96. The summed E-state index contributed by atoms with van der Waals surface area (Å²) in [7, 11) is 0. The fourth-order valence-corrected chi connectivity index (χ4v) is 1.41. The van der Waals surface area contributed by atoms with Gasteiger partial charge in [-0.05, 0) is 25.4 Å². The molecule has 0 saturated carbocycles. The Morgan fingerprint density at radius 1 is 1.44 bits per heavy atom. The van der Waals surface area contributed by atoms with E-state index >= 15 is 0 Å². The van der Waals surface area contributed by atoms with Gasteiger partial charge in [0.15, 0.2) is 0 Å². The van der Waals surface area contributed by atoms with Crippen molar-refractivity contribution in [1.82, 2.24) is 15.1 Å². The van der Waals surface area contributed by atoms with Gasteiger partial charge in [0.2, 0.25) is 5.28 Å². The van der Waals surface area contributed by atoms with E-state index in [1.807, 2.05) is 19.9 Å². The highest BCUT2D eigenvalue weighted by Crippen LogP contribution is 2.13. The molecule has 0 unspecified atom stereocenters. The summed E-state index contributed by atoms with van der Waals surface area (Å²) in [6, 6.07) is 1.87. The quantitative estimate of drug-likeness (QED) is 0.832. The van der Waals surface area contributed by atoms with E-state index in [0.29, 0.717) is 12.4 Å². The van der Waals surface area contributed by atoms with Gasteiger partial charge in [0.25, 0.3) is 0 Å². The third-order valence-electron chi connectivity index (χ3n) is 2.06. The number of aryl methyl sites for hydroxylation is 2. The number of nitrogens with one attached hydrogen (secondary N) is 1. The largest absolute Gasteiger partial charge is 0.364 e. The number of aromatic nitrogens is 3. The topological polar surface area (TPSA) is 63.8 Å². The minimum absolute atomic E-state index is 0.226. The second-order valence-electron chi connectivity index (χ2n) is 3.45. The summed E-state index contributed by atoms with van der Waals surface area (Å²) in [6.45, 7) is 4.31. The molecular weight excluding hydrogens is 228 g/mol. The van der Waals surface area contributed by atoms with Crippen molar-refractivity contribution in [3.63, 3.8) is 0 Å². The van der Waals surface area contributed by atoms with Gasteiger partial charge in [0.05, 0.1) is 6.54 Å². The first kappa shape index (κ1) is 10.9. The molecule has 0 saturated heterocycles. The van der Waals surface area contributed by atoms with Crippen LogP contribution in [0.4, 0.5) is 5.82 Å². The van der Waals surface area contributed by atoms with Crippen LogP contribution >= 0.6 is 11.6 Å². The van der Waals surface area contributed by atoms with E-state index in [4.69, 9.17) is 16.1 Å². The van der Waals surface area contributed by atoms with Crippen LogP contribution in [0, 0.1) is 13.8 Å². The van der Waals surface area contributed by atoms with E-state index < -0.39 is 0 Å². The fourth-order valence-electron chi connectivity index (χ4n) is 1.28. The van der Waals surface area contributed by atoms with Crippen LogP contribution in [0.1, 0.15) is 17.0 Å². The van der Waals surface area contributed by atoms with Crippen LogP contribution in [0.5, 0.6) is 0 Å². The minimum atomic E-state index is 0.226.